The molecule has 2 N–H and O–H groups in total. The van der Waals surface area contributed by atoms with Crippen LogP contribution in [0.4, 0.5) is 5.69 Å². The minimum atomic E-state index is -0.173. The van der Waals surface area contributed by atoms with Crippen LogP contribution in [0.2, 0.25) is 0 Å². The molecule has 0 spiro atoms. The van der Waals surface area contributed by atoms with Gasteiger partial charge in [0.05, 0.1) is 18.6 Å². The van der Waals surface area contributed by atoms with Crippen molar-refractivity contribution < 1.29 is 14.6 Å². The van der Waals surface area contributed by atoms with Gasteiger partial charge in [0.25, 0.3) is 0 Å². The molecule has 0 aromatic heterocycles. The molecule has 20 heavy (non-hydrogen) atoms. The van der Waals surface area contributed by atoms with Crippen LogP contribution < -0.4 is 5.32 Å². The second-order valence-corrected chi connectivity index (χ2v) is 5.06. The van der Waals surface area contributed by atoms with E-state index in [1.807, 2.05) is 32.0 Å². The van der Waals surface area contributed by atoms with Gasteiger partial charge in [-0.3, -0.25) is 4.79 Å². The smallest absolute Gasteiger partial charge is 0.229 e. The fraction of sp³-hybridized carbons (Fsp3) is 0.438. The average Bonchev–Trinajstić information content (AvgIpc) is 2.86. The van der Waals surface area contributed by atoms with Gasteiger partial charge in [0.1, 0.15) is 6.61 Å². The zero-order valence-electron chi connectivity index (χ0n) is 11.8. The number of nitrogens with one attached hydrogen (secondary N) is 1. The van der Waals surface area contributed by atoms with Gasteiger partial charge in [-0.1, -0.05) is 17.9 Å². The molecule has 1 aliphatic rings. The van der Waals surface area contributed by atoms with E-state index in [0.29, 0.717) is 6.61 Å². The summed E-state index contributed by atoms with van der Waals surface area (Å²) in [6.45, 7) is 4.23. The Hall–Kier alpha value is -1.83. The molecule has 2 atom stereocenters. The number of aryl methyl sites for hydroxylation is 1. The Labute approximate surface area is 119 Å². The van der Waals surface area contributed by atoms with Crippen molar-refractivity contribution in [2.24, 2.45) is 5.92 Å². The van der Waals surface area contributed by atoms with Gasteiger partial charge in [0, 0.05) is 11.3 Å². The molecule has 4 nitrogen and oxygen atoms in total. The molecule has 1 heterocycles. The molecule has 106 valence electrons. The van der Waals surface area contributed by atoms with Crippen molar-refractivity contribution in [3.8, 4) is 11.8 Å². The van der Waals surface area contributed by atoms with Crippen LogP contribution in [-0.2, 0) is 9.53 Å². The SMILES string of the molecule is Cc1ccc(NC(=O)C2COC(C)C2)cc1C#CCO. The molecular formula is C16H19NO3. The van der Waals surface area contributed by atoms with Crippen molar-refractivity contribution in [3.63, 3.8) is 0 Å². The number of hydrogen-bond donors (Lipinski definition) is 2. The molecule has 2 unspecified atom stereocenters. The number of ether oxygens (including phenoxy) is 1. The average molecular weight is 273 g/mol. The van der Waals surface area contributed by atoms with Gasteiger partial charge >= 0.3 is 0 Å². The number of aliphatic hydroxyl groups is 1. The maximum atomic E-state index is 12.1. The summed E-state index contributed by atoms with van der Waals surface area (Å²) in [7, 11) is 0. The summed E-state index contributed by atoms with van der Waals surface area (Å²) in [5.41, 5.74) is 2.55. The first-order valence-electron chi connectivity index (χ1n) is 6.73. The number of hydrogen-bond acceptors (Lipinski definition) is 3. The van der Waals surface area contributed by atoms with Crippen LogP contribution in [0.1, 0.15) is 24.5 Å². The first-order valence-corrected chi connectivity index (χ1v) is 6.73. The first kappa shape index (κ1) is 14.6. The van der Waals surface area contributed by atoms with Gasteiger partial charge in [0.2, 0.25) is 5.91 Å². The highest BCUT2D eigenvalue weighted by atomic mass is 16.5. The maximum absolute atomic E-state index is 12.1. The number of carbonyl (C=O) groups excluding carboxylic acids is 1. The molecule has 2 rings (SSSR count). The molecule has 1 aromatic rings. The highest BCUT2D eigenvalue weighted by molar-refractivity contribution is 5.93. The quantitative estimate of drug-likeness (QED) is 0.806. The largest absolute Gasteiger partial charge is 0.384 e. The number of carbonyl (C=O) groups is 1. The van der Waals surface area contributed by atoms with E-state index in [0.717, 1.165) is 23.2 Å². The van der Waals surface area contributed by atoms with E-state index in [1.54, 1.807) is 0 Å². The number of amides is 1. The lowest BCUT2D eigenvalue weighted by molar-refractivity contribution is -0.119. The van der Waals surface area contributed by atoms with E-state index < -0.39 is 0 Å². The molecular weight excluding hydrogens is 254 g/mol. The van der Waals surface area contributed by atoms with E-state index in [1.165, 1.54) is 0 Å². The third-order valence-corrected chi connectivity index (χ3v) is 3.38. The third-order valence-electron chi connectivity index (χ3n) is 3.38. The first-order chi connectivity index (χ1) is 9.60. The molecule has 1 aliphatic heterocycles. The van der Waals surface area contributed by atoms with E-state index in [4.69, 9.17) is 9.84 Å². The number of aliphatic hydroxyl groups excluding tert-OH is 1. The van der Waals surface area contributed by atoms with Crippen LogP contribution in [0.25, 0.3) is 0 Å². The molecule has 0 aliphatic carbocycles. The molecule has 0 saturated carbocycles. The van der Waals surface area contributed by atoms with Crippen molar-refractivity contribution in [2.75, 3.05) is 18.5 Å². The van der Waals surface area contributed by atoms with Crippen molar-refractivity contribution in [3.05, 3.63) is 29.3 Å². The maximum Gasteiger partial charge on any atom is 0.229 e. The molecule has 1 fully saturated rings. The Bertz CT molecular complexity index is 557. The van der Waals surface area contributed by atoms with Crippen molar-refractivity contribution >= 4 is 11.6 Å². The highest BCUT2D eigenvalue weighted by Crippen LogP contribution is 2.21. The van der Waals surface area contributed by atoms with E-state index in [9.17, 15) is 4.79 Å². The van der Waals surface area contributed by atoms with Crippen LogP contribution in [-0.4, -0.2) is 30.3 Å². The number of benzene rings is 1. The topological polar surface area (TPSA) is 58.6 Å². The molecule has 0 radical (unpaired) electrons. The zero-order valence-corrected chi connectivity index (χ0v) is 11.8. The van der Waals surface area contributed by atoms with E-state index in [2.05, 4.69) is 17.2 Å². The molecule has 1 saturated heterocycles. The monoisotopic (exact) mass is 273 g/mol. The minimum absolute atomic E-state index is 0.0146. The Morgan fingerprint density at radius 3 is 3.00 bits per heavy atom. The molecule has 4 heteroatoms. The number of anilines is 1. The van der Waals surface area contributed by atoms with Gasteiger partial charge in [0.15, 0.2) is 0 Å². The van der Waals surface area contributed by atoms with E-state index >= 15 is 0 Å². The Balaban J connectivity index is 2.07. The third kappa shape index (κ3) is 3.60. The lowest BCUT2D eigenvalue weighted by atomic mass is 10.0. The van der Waals surface area contributed by atoms with Crippen molar-refractivity contribution in [1.29, 1.82) is 0 Å². The molecule has 1 aromatic carbocycles. The fourth-order valence-corrected chi connectivity index (χ4v) is 2.21. The summed E-state index contributed by atoms with van der Waals surface area (Å²) in [4.78, 5) is 12.1. The van der Waals surface area contributed by atoms with Gasteiger partial charge in [-0.25, -0.2) is 0 Å². The van der Waals surface area contributed by atoms with Gasteiger partial charge in [-0.2, -0.15) is 0 Å². The fourth-order valence-electron chi connectivity index (χ4n) is 2.21. The molecule has 0 bridgehead atoms. The predicted molar refractivity (Wildman–Crippen MR) is 77.3 cm³/mol. The van der Waals surface area contributed by atoms with Crippen LogP contribution in [0, 0.1) is 24.7 Å². The van der Waals surface area contributed by atoms with Gasteiger partial charge < -0.3 is 15.2 Å². The van der Waals surface area contributed by atoms with Crippen LogP contribution in [0.5, 0.6) is 0 Å². The van der Waals surface area contributed by atoms with Crippen LogP contribution in [0.15, 0.2) is 18.2 Å². The number of rotatable bonds is 2. The summed E-state index contributed by atoms with van der Waals surface area (Å²) in [6, 6.07) is 5.59. The standard InChI is InChI=1S/C16H19NO3/c1-11-5-6-15(9-13(11)4-3-7-18)17-16(19)14-8-12(2)20-10-14/h5-6,9,12,14,18H,7-8,10H2,1-2H3,(H,17,19). The zero-order chi connectivity index (χ0) is 14.5. The minimum Gasteiger partial charge on any atom is -0.384 e. The van der Waals surface area contributed by atoms with Crippen molar-refractivity contribution in [2.45, 2.75) is 26.4 Å². The second-order valence-electron chi connectivity index (χ2n) is 5.06. The molecule has 1 amide bonds. The van der Waals surface area contributed by atoms with Crippen molar-refractivity contribution in [1.82, 2.24) is 0 Å². The van der Waals surface area contributed by atoms with Gasteiger partial charge in [-0.15, -0.1) is 0 Å². The predicted octanol–water partition coefficient (Wildman–Crippen LogP) is 1.70. The summed E-state index contributed by atoms with van der Waals surface area (Å²) in [6.07, 6.45) is 0.907. The van der Waals surface area contributed by atoms with Crippen LogP contribution in [0.3, 0.4) is 0 Å². The van der Waals surface area contributed by atoms with E-state index in [-0.39, 0.29) is 24.5 Å². The summed E-state index contributed by atoms with van der Waals surface area (Å²) >= 11 is 0. The summed E-state index contributed by atoms with van der Waals surface area (Å²) < 4.78 is 5.41. The summed E-state index contributed by atoms with van der Waals surface area (Å²) in [5.74, 6) is 5.40. The highest BCUT2D eigenvalue weighted by Gasteiger charge is 2.28. The Morgan fingerprint density at radius 1 is 1.55 bits per heavy atom. The Morgan fingerprint density at radius 2 is 2.35 bits per heavy atom. The Kier molecular flexibility index (Phi) is 4.78. The van der Waals surface area contributed by atoms with Crippen LogP contribution >= 0.6 is 0 Å². The second kappa shape index (κ2) is 6.56. The normalized spacial score (nSPS) is 21.1. The lowest BCUT2D eigenvalue weighted by Gasteiger charge is -2.10. The lowest BCUT2D eigenvalue weighted by Crippen LogP contribution is -2.23. The van der Waals surface area contributed by atoms with Gasteiger partial charge in [-0.05, 0) is 38.0 Å². The summed E-state index contributed by atoms with van der Waals surface area (Å²) in [5, 5.41) is 11.6.